The highest BCUT2D eigenvalue weighted by Crippen LogP contribution is 2.46. The van der Waals surface area contributed by atoms with E-state index in [1.54, 1.807) is 27.7 Å². The van der Waals surface area contributed by atoms with Crippen molar-refractivity contribution in [1.82, 2.24) is 14.6 Å². The van der Waals surface area contributed by atoms with Crippen molar-refractivity contribution in [2.75, 3.05) is 20.1 Å². The lowest BCUT2D eigenvalue weighted by Crippen LogP contribution is -2.37. The molecule has 0 bridgehead atoms. The Labute approximate surface area is 217 Å². The second-order valence-electron chi connectivity index (χ2n) is 8.83. The molecule has 0 aromatic carbocycles. The summed E-state index contributed by atoms with van der Waals surface area (Å²) in [6.07, 6.45) is -5.21. The molecule has 2 heterocycles. The molecule has 6 atom stereocenters. The second kappa shape index (κ2) is 14.0. The van der Waals surface area contributed by atoms with Crippen molar-refractivity contribution in [2.24, 2.45) is 5.92 Å². The minimum absolute atomic E-state index is 0.478. The van der Waals surface area contributed by atoms with Crippen molar-refractivity contribution in [3.8, 4) is 0 Å². The summed E-state index contributed by atoms with van der Waals surface area (Å²) in [4.78, 5) is 49.3. The molecule has 1 aromatic heterocycles. The highest BCUT2D eigenvalue weighted by atomic mass is 31.2. The van der Waals surface area contributed by atoms with Crippen molar-refractivity contribution in [2.45, 2.75) is 71.3 Å². The standard InChI is InChI=1S/C21H33FN3O12P/c1-11(2)35-19(28)13(5)24-38(31,34-10-32-21(30)36-12(3)4)33-9-15-14(8-22)17(27)18(37-15)25-7-6-16(26)23-20(25)29/h6-7,11-15,17-18,27H,8-10H2,1-5H3,(H,24,31)(H,23,26,29)/t13-,14+,15+,17+,18+,38?/m0/s1. The molecule has 1 fully saturated rings. The van der Waals surface area contributed by atoms with Crippen LogP contribution < -0.4 is 16.3 Å². The maximum absolute atomic E-state index is 13.8. The molecule has 216 valence electrons. The molecule has 0 spiro atoms. The minimum Gasteiger partial charge on any atom is -0.462 e. The van der Waals surface area contributed by atoms with Crippen molar-refractivity contribution in [1.29, 1.82) is 0 Å². The zero-order valence-electron chi connectivity index (χ0n) is 21.5. The van der Waals surface area contributed by atoms with Gasteiger partial charge in [0.1, 0.15) is 12.1 Å². The number of aromatic nitrogens is 2. The molecular formula is C21H33FN3O12P. The SMILES string of the molecule is CC(C)OC(=O)OCOP(=O)(N[C@@H](C)C(=O)OC(C)C)OC[C@H]1O[C@@H](n2ccc(=O)[nH]c2=O)[C@H](O)[C@@H]1CF. The van der Waals surface area contributed by atoms with Crippen LogP contribution in [-0.2, 0) is 37.4 Å². The lowest BCUT2D eigenvalue weighted by atomic mass is 10.00. The number of nitrogens with one attached hydrogen (secondary N) is 2. The summed E-state index contributed by atoms with van der Waals surface area (Å²) in [7, 11) is -4.46. The van der Waals surface area contributed by atoms with Gasteiger partial charge in [0.05, 0.1) is 31.6 Å². The van der Waals surface area contributed by atoms with Gasteiger partial charge in [-0.25, -0.2) is 19.2 Å². The van der Waals surface area contributed by atoms with Gasteiger partial charge in [-0.05, 0) is 34.6 Å². The predicted molar refractivity (Wildman–Crippen MR) is 127 cm³/mol. The van der Waals surface area contributed by atoms with Crippen molar-refractivity contribution < 1.29 is 51.6 Å². The second-order valence-corrected chi connectivity index (χ2v) is 10.6. The van der Waals surface area contributed by atoms with Crippen LogP contribution in [0.5, 0.6) is 0 Å². The normalized spacial score (nSPS) is 23.7. The van der Waals surface area contributed by atoms with Gasteiger partial charge in [0.15, 0.2) is 6.23 Å². The van der Waals surface area contributed by atoms with Crippen molar-refractivity contribution in [3.63, 3.8) is 0 Å². The number of hydrogen-bond acceptors (Lipinski definition) is 12. The summed E-state index contributed by atoms with van der Waals surface area (Å²) >= 11 is 0. The summed E-state index contributed by atoms with van der Waals surface area (Å²) in [5, 5.41) is 12.9. The number of carbonyl (C=O) groups excluding carboxylic acids is 2. The first kappa shape index (κ1) is 31.6. The van der Waals surface area contributed by atoms with E-state index in [2.05, 4.69) is 5.09 Å². The molecule has 1 aliphatic rings. The lowest BCUT2D eigenvalue weighted by Gasteiger charge is -2.25. The number of carbonyl (C=O) groups is 2. The van der Waals surface area contributed by atoms with E-state index >= 15 is 0 Å². The Bertz CT molecular complexity index is 1110. The molecular weight excluding hydrogens is 536 g/mol. The van der Waals surface area contributed by atoms with Gasteiger partial charge >= 0.3 is 25.6 Å². The van der Waals surface area contributed by atoms with Gasteiger partial charge in [-0.3, -0.25) is 32.6 Å². The molecule has 38 heavy (non-hydrogen) atoms. The molecule has 1 unspecified atom stereocenters. The van der Waals surface area contributed by atoms with E-state index in [4.69, 9.17) is 28.0 Å². The summed E-state index contributed by atoms with van der Waals surface area (Å²) in [6.45, 7) is 5.02. The van der Waals surface area contributed by atoms with E-state index in [1.807, 2.05) is 4.98 Å². The number of esters is 1. The maximum atomic E-state index is 13.8. The van der Waals surface area contributed by atoms with Gasteiger partial charge in [0, 0.05) is 18.2 Å². The predicted octanol–water partition coefficient (Wildman–Crippen LogP) is 0.971. The topological polar surface area (TPSA) is 194 Å². The van der Waals surface area contributed by atoms with Gasteiger partial charge in [-0.15, -0.1) is 0 Å². The third-order valence-electron chi connectivity index (χ3n) is 5.02. The maximum Gasteiger partial charge on any atom is 0.510 e. The Kier molecular flexibility index (Phi) is 11.6. The van der Waals surface area contributed by atoms with Crippen LogP contribution in [0, 0.1) is 5.92 Å². The lowest BCUT2D eigenvalue weighted by molar-refractivity contribution is -0.149. The largest absolute Gasteiger partial charge is 0.510 e. The Morgan fingerprint density at radius 2 is 1.84 bits per heavy atom. The zero-order chi connectivity index (χ0) is 28.6. The number of halogens is 1. The third kappa shape index (κ3) is 8.99. The number of alkyl halides is 1. The first-order valence-corrected chi connectivity index (χ1v) is 13.2. The molecule has 1 aromatic rings. The van der Waals surface area contributed by atoms with Crippen molar-refractivity contribution in [3.05, 3.63) is 33.1 Å². The Morgan fingerprint density at radius 3 is 2.42 bits per heavy atom. The smallest absolute Gasteiger partial charge is 0.462 e. The highest BCUT2D eigenvalue weighted by molar-refractivity contribution is 7.51. The van der Waals surface area contributed by atoms with E-state index in [-0.39, 0.29) is 0 Å². The van der Waals surface area contributed by atoms with Crippen LogP contribution in [0.4, 0.5) is 9.18 Å². The number of rotatable bonds is 13. The Balaban J connectivity index is 2.16. The summed E-state index contributed by atoms with van der Waals surface area (Å²) in [5.74, 6) is -2.02. The molecule has 1 aliphatic heterocycles. The van der Waals surface area contributed by atoms with Crippen LogP contribution in [0.2, 0.25) is 0 Å². The van der Waals surface area contributed by atoms with Gasteiger partial charge in [-0.1, -0.05) is 0 Å². The number of aromatic amines is 1. The number of aliphatic hydroxyl groups excluding tert-OH is 1. The van der Waals surface area contributed by atoms with E-state index in [1.165, 1.54) is 6.92 Å². The average molecular weight is 569 g/mol. The number of hydrogen-bond donors (Lipinski definition) is 3. The van der Waals surface area contributed by atoms with Crippen LogP contribution in [0.15, 0.2) is 21.9 Å². The number of aliphatic hydroxyl groups is 1. The van der Waals surface area contributed by atoms with Gasteiger partial charge in [0.25, 0.3) is 5.56 Å². The van der Waals surface area contributed by atoms with Crippen molar-refractivity contribution >= 4 is 19.9 Å². The summed E-state index contributed by atoms with van der Waals surface area (Å²) in [6, 6.07) is -0.204. The fraction of sp³-hybridized carbons (Fsp3) is 0.714. The molecule has 2 rings (SSSR count). The molecule has 1 saturated heterocycles. The number of H-pyrrole nitrogens is 1. The Hall–Kier alpha value is -2.62. The van der Waals surface area contributed by atoms with Gasteiger partial charge < -0.3 is 24.1 Å². The van der Waals surface area contributed by atoms with Crippen LogP contribution in [0.25, 0.3) is 0 Å². The van der Waals surface area contributed by atoms with E-state index in [9.17, 15) is 33.2 Å². The Morgan fingerprint density at radius 1 is 1.18 bits per heavy atom. The van der Waals surface area contributed by atoms with Crippen LogP contribution in [0.3, 0.4) is 0 Å². The monoisotopic (exact) mass is 569 g/mol. The van der Waals surface area contributed by atoms with Crippen LogP contribution >= 0.6 is 7.75 Å². The van der Waals surface area contributed by atoms with Gasteiger partial charge in [-0.2, -0.15) is 0 Å². The molecule has 15 nitrogen and oxygen atoms in total. The summed E-state index contributed by atoms with van der Waals surface area (Å²) < 4.78 is 58.6. The molecule has 0 amide bonds. The van der Waals surface area contributed by atoms with Crippen LogP contribution in [0.1, 0.15) is 40.8 Å². The van der Waals surface area contributed by atoms with E-state index < -0.39 is 93.8 Å². The molecule has 3 N–H and O–H groups in total. The minimum atomic E-state index is -4.46. The zero-order valence-corrected chi connectivity index (χ0v) is 22.4. The quantitative estimate of drug-likeness (QED) is 0.173. The third-order valence-corrected chi connectivity index (χ3v) is 6.66. The highest BCUT2D eigenvalue weighted by Gasteiger charge is 2.46. The number of ether oxygens (including phenoxy) is 4. The van der Waals surface area contributed by atoms with Crippen LogP contribution in [-0.4, -0.2) is 77.3 Å². The van der Waals surface area contributed by atoms with Gasteiger partial charge in [0.2, 0.25) is 6.79 Å². The molecule has 0 radical (unpaired) electrons. The molecule has 17 heteroatoms. The first-order valence-electron chi connectivity index (χ1n) is 11.7. The fourth-order valence-electron chi connectivity index (χ4n) is 3.28. The summed E-state index contributed by atoms with van der Waals surface area (Å²) in [5.41, 5.74) is -1.59. The molecule has 0 aliphatic carbocycles. The molecule has 0 saturated carbocycles. The number of nitrogens with zero attached hydrogens (tertiary/aromatic N) is 1. The fourth-order valence-corrected chi connectivity index (χ4v) is 4.62. The van der Waals surface area contributed by atoms with E-state index in [0.717, 1.165) is 16.8 Å². The first-order chi connectivity index (χ1) is 17.8. The average Bonchev–Trinajstić information content (AvgIpc) is 3.11. The van der Waals surface area contributed by atoms with E-state index in [0.29, 0.717) is 0 Å².